The van der Waals surface area contributed by atoms with Crippen LogP contribution in [0.5, 0.6) is 5.75 Å². The molecule has 1 atom stereocenters. The Morgan fingerprint density at radius 1 is 1.40 bits per heavy atom. The number of rotatable bonds is 3. The van der Waals surface area contributed by atoms with Crippen LogP contribution in [0.1, 0.15) is 21.6 Å². The van der Waals surface area contributed by atoms with Crippen LogP contribution in [0, 0.1) is 6.92 Å². The number of fused-ring (bicyclic) bond motifs is 2. The Kier molecular flexibility index (Phi) is 3.65. The number of pyridine rings is 1. The largest absolute Gasteiger partial charge is 0.491 e. The van der Waals surface area contributed by atoms with E-state index in [1.807, 2.05) is 24.3 Å². The summed E-state index contributed by atoms with van der Waals surface area (Å²) in [7, 11) is 0. The lowest BCUT2D eigenvalue weighted by molar-refractivity contribution is 0.0653. The minimum atomic E-state index is -0.871. The van der Waals surface area contributed by atoms with Crippen molar-refractivity contribution < 1.29 is 19.2 Å². The summed E-state index contributed by atoms with van der Waals surface area (Å²) < 4.78 is 10.8. The number of aliphatic hydroxyl groups excluding tert-OH is 1. The van der Waals surface area contributed by atoms with Crippen molar-refractivity contribution in [3.8, 4) is 5.75 Å². The van der Waals surface area contributed by atoms with Gasteiger partial charge in [0.15, 0.2) is 0 Å². The number of aryl methyl sites for hydroxylation is 1. The molecule has 0 aliphatic carbocycles. The molecule has 0 saturated heterocycles. The van der Waals surface area contributed by atoms with Crippen LogP contribution in [0.25, 0.3) is 11.1 Å². The van der Waals surface area contributed by atoms with Crippen LogP contribution in [0.15, 0.2) is 41.1 Å². The van der Waals surface area contributed by atoms with E-state index in [-0.39, 0.29) is 19.1 Å². The van der Waals surface area contributed by atoms with Gasteiger partial charge < -0.3 is 19.7 Å². The number of hydrogen-bond acceptors (Lipinski definition) is 6. The van der Waals surface area contributed by atoms with E-state index in [9.17, 15) is 9.90 Å². The highest BCUT2D eigenvalue weighted by atomic mass is 16.5. The maximum Gasteiger partial charge on any atom is 0.257 e. The molecule has 4 rings (SSSR count). The Labute approximate surface area is 143 Å². The number of ether oxygens (including phenoxy) is 1. The fourth-order valence-corrected chi connectivity index (χ4v) is 3.03. The molecule has 0 radical (unpaired) electrons. The molecule has 2 N–H and O–H groups in total. The first-order chi connectivity index (χ1) is 12.1. The van der Waals surface area contributed by atoms with Crippen LogP contribution in [-0.4, -0.2) is 39.9 Å². The Morgan fingerprint density at radius 2 is 2.24 bits per heavy atom. The van der Waals surface area contributed by atoms with E-state index < -0.39 is 5.54 Å². The maximum atomic E-state index is 12.7. The molecule has 0 bridgehead atoms. The van der Waals surface area contributed by atoms with Crippen LogP contribution < -0.4 is 10.1 Å². The molecular weight excluding hydrogens is 322 g/mol. The number of hydrogen-bond donors (Lipinski definition) is 2. The van der Waals surface area contributed by atoms with Crippen molar-refractivity contribution in [2.45, 2.75) is 18.9 Å². The lowest BCUT2D eigenvalue weighted by Crippen LogP contribution is -2.58. The van der Waals surface area contributed by atoms with Gasteiger partial charge in [-0.2, -0.15) is 0 Å². The third-order valence-electron chi connectivity index (χ3n) is 4.46. The maximum absolute atomic E-state index is 12.7. The monoisotopic (exact) mass is 339 g/mol. The van der Waals surface area contributed by atoms with E-state index in [4.69, 9.17) is 9.26 Å². The summed E-state index contributed by atoms with van der Waals surface area (Å²) in [5.41, 5.74) is 1.52. The van der Waals surface area contributed by atoms with E-state index in [1.165, 1.54) is 6.20 Å². The lowest BCUT2D eigenvalue weighted by atomic mass is 9.89. The quantitative estimate of drug-likeness (QED) is 0.753. The summed E-state index contributed by atoms with van der Waals surface area (Å²) in [6.45, 7) is 1.76. The topological polar surface area (TPSA) is 97.5 Å². The third kappa shape index (κ3) is 2.72. The van der Waals surface area contributed by atoms with Gasteiger partial charge in [-0.3, -0.25) is 4.79 Å². The Balaban J connectivity index is 1.60. The zero-order valence-electron chi connectivity index (χ0n) is 13.7. The highest BCUT2D eigenvalue weighted by Gasteiger charge is 2.37. The number of carbonyl (C=O) groups excluding carboxylic acids is 1. The predicted octanol–water partition coefficient (Wildman–Crippen LogP) is 1.63. The average molecular weight is 339 g/mol. The van der Waals surface area contributed by atoms with Crippen LogP contribution in [0.4, 0.5) is 0 Å². The normalized spacial score (nSPS) is 19.3. The summed E-state index contributed by atoms with van der Waals surface area (Å²) in [6.07, 6.45) is 1.93. The average Bonchev–Trinajstić information content (AvgIpc) is 3.02. The fraction of sp³-hybridized carbons (Fsp3) is 0.278. The molecule has 3 heterocycles. The van der Waals surface area contributed by atoms with Gasteiger partial charge in [-0.05, 0) is 24.6 Å². The summed E-state index contributed by atoms with van der Waals surface area (Å²) >= 11 is 0. The van der Waals surface area contributed by atoms with Crippen molar-refractivity contribution in [3.63, 3.8) is 0 Å². The molecule has 1 aliphatic heterocycles. The Bertz CT molecular complexity index is 952. The Hall–Kier alpha value is -2.93. The third-order valence-corrected chi connectivity index (χ3v) is 4.46. The molecule has 1 aliphatic rings. The SMILES string of the molecule is Cc1noc2ncc(C(=O)NC3(CO)COc4ccccc4C3)cc12. The molecule has 0 fully saturated rings. The second-order valence-corrected chi connectivity index (χ2v) is 6.31. The lowest BCUT2D eigenvalue weighted by Gasteiger charge is -2.37. The molecule has 0 saturated carbocycles. The van der Waals surface area contributed by atoms with Gasteiger partial charge in [0.1, 0.15) is 17.9 Å². The first-order valence-electron chi connectivity index (χ1n) is 7.96. The van der Waals surface area contributed by atoms with E-state index in [1.54, 1.807) is 13.0 Å². The first-order valence-corrected chi connectivity index (χ1v) is 7.96. The standard InChI is InChI=1S/C18H17N3O4/c1-11-14-6-13(8-19-17(14)25-21-11)16(23)20-18(9-22)7-12-4-2-3-5-15(12)24-10-18/h2-6,8,22H,7,9-10H2,1H3,(H,20,23). The van der Waals surface area contributed by atoms with Gasteiger partial charge in [-0.15, -0.1) is 0 Å². The summed E-state index contributed by atoms with van der Waals surface area (Å²) in [5.74, 6) is 0.455. The number of amides is 1. The number of aromatic nitrogens is 2. The van der Waals surface area contributed by atoms with E-state index in [0.717, 1.165) is 11.3 Å². The highest BCUT2D eigenvalue weighted by Crippen LogP contribution is 2.29. The van der Waals surface area contributed by atoms with Gasteiger partial charge in [0.25, 0.3) is 11.6 Å². The summed E-state index contributed by atoms with van der Waals surface area (Å²) in [4.78, 5) is 16.8. The molecule has 128 valence electrons. The smallest absolute Gasteiger partial charge is 0.257 e. The van der Waals surface area contributed by atoms with Crippen LogP contribution >= 0.6 is 0 Å². The molecule has 25 heavy (non-hydrogen) atoms. The Morgan fingerprint density at radius 3 is 3.08 bits per heavy atom. The van der Waals surface area contributed by atoms with Crippen LogP contribution in [0.3, 0.4) is 0 Å². The number of para-hydroxylation sites is 1. The van der Waals surface area contributed by atoms with Crippen molar-refractivity contribution in [2.24, 2.45) is 0 Å². The molecule has 1 aromatic carbocycles. The zero-order valence-corrected chi connectivity index (χ0v) is 13.7. The molecule has 1 amide bonds. The predicted molar refractivity (Wildman–Crippen MR) is 89.5 cm³/mol. The highest BCUT2D eigenvalue weighted by molar-refractivity contribution is 5.97. The number of nitrogens with one attached hydrogen (secondary N) is 1. The molecule has 0 spiro atoms. The van der Waals surface area contributed by atoms with Gasteiger partial charge >= 0.3 is 0 Å². The number of nitrogens with zero attached hydrogens (tertiary/aromatic N) is 2. The van der Waals surface area contributed by atoms with Crippen molar-refractivity contribution in [1.29, 1.82) is 0 Å². The van der Waals surface area contributed by atoms with Gasteiger partial charge in [0.05, 0.1) is 23.3 Å². The molecule has 2 aromatic heterocycles. The zero-order chi connectivity index (χ0) is 17.4. The number of carbonyl (C=O) groups is 1. The van der Waals surface area contributed by atoms with E-state index in [2.05, 4.69) is 15.5 Å². The first kappa shape index (κ1) is 15.6. The van der Waals surface area contributed by atoms with Crippen molar-refractivity contribution in [3.05, 3.63) is 53.3 Å². The fourth-order valence-electron chi connectivity index (χ4n) is 3.03. The van der Waals surface area contributed by atoms with E-state index >= 15 is 0 Å². The second-order valence-electron chi connectivity index (χ2n) is 6.31. The van der Waals surface area contributed by atoms with Gasteiger partial charge in [-0.25, -0.2) is 4.98 Å². The molecule has 1 unspecified atom stereocenters. The number of benzene rings is 1. The van der Waals surface area contributed by atoms with Crippen LogP contribution in [0.2, 0.25) is 0 Å². The molecule has 7 nitrogen and oxygen atoms in total. The summed E-state index contributed by atoms with van der Waals surface area (Å²) in [5, 5.41) is 17.3. The van der Waals surface area contributed by atoms with E-state index in [0.29, 0.717) is 28.8 Å². The minimum Gasteiger partial charge on any atom is -0.491 e. The van der Waals surface area contributed by atoms with Gasteiger partial charge in [0.2, 0.25) is 0 Å². The van der Waals surface area contributed by atoms with Crippen LogP contribution in [-0.2, 0) is 6.42 Å². The molecule has 7 heteroatoms. The van der Waals surface area contributed by atoms with Gasteiger partial charge in [-0.1, -0.05) is 23.4 Å². The van der Waals surface area contributed by atoms with Crippen molar-refractivity contribution >= 4 is 17.0 Å². The number of aliphatic hydroxyl groups is 1. The molecule has 3 aromatic rings. The molecular formula is C18H17N3O4. The van der Waals surface area contributed by atoms with Gasteiger partial charge in [0, 0.05) is 12.6 Å². The van der Waals surface area contributed by atoms with Crippen molar-refractivity contribution in [2.75, 3.05) is 13.2 Å². The second kappa shape index (κ2) is 5.86. The summed E-state index contributed by atoms with van der Waals surface area (Å²) in [6, 6.07) is 9.30. The minimum absolute atomic E-state index is 0.203. The van der Waals surface area contributed by atoms with Crippen molar-refractivity contribution in [1.82, 2.24) is 15.5 Å².